The van der Waals surface area contributed by atoms with Gasteiger partial charge in [-0.25, -0.2) is 4.79 Å². The average molecular weight is 331 g/mol. The number of aryl methyl sites for hydroxylation is 1. The van der Waals surface area contributed by atoms with Gasteiger partial charge in [0.25, 0.3) is 0 Å². The molecule has 1 aromatic rings. The van der Waals surface area contributed by atoms with Crippen LogP contribution < -0.4 is 4.74 Å². The van der Waals surface area contributed by atoms with E-state index in [-0.39, 0.29) is 18.1 Å². The van der Waals surface area contributed by atoms with Crippen LogP contribution in [0.15, 0.2) is 24.3 Å². The maximum atomic E-state index is 12.1. The first-order chi connectivity index (χ1) is 10.8. The van der Waals surface area contributed by atoms with Crippen molar-refractivity contribution in [3.05, 3.63) is 29.8 Å². The van der Waals surface area contributed by atoms with E-state index in [0.29, 0.717) is 31.4 Å². The van der Waals surface area contributed by atoms with Crippen molar-refractivity contribution in [3.8, 4) is 5.75 Å². The van der Waals surface area contributed by atoms with Gasteiger partial charge >= 0.3 is 12.3 Å². The highest BCUT2D eigenvalue weighted by atomic mass is 19.4. The summed E-state index contributed by atoms with van der Waals surface area (Å²) in [5.74, 6) is -1.59. The van der Waals surface area contributed by atoms with Gasteiger partial charge in [0.05, 0.1) is 0 Å². The predicted octanol–water partition coefficient (Wildman–Crippen LogP) is 2.59. The minimum atomic E-state index is -4.74. The highest BCUT2D eigenvalue weighted by molar-refractivity contribution is 5.84. The molecular formula is C15H16F3NO4. The van der Waals surface area contributed by atoms with Crippen molar-refractivity contribution in [2.45, 2.75) is 38.1 Å². The Kier molecular flexibility index (Phi) is 5.12. The zero-order chi connectivity index (χ0) is 17.0. The number of hydrogen-bond acceptors (Lipinski definition) is 3. The number of carboxylic acid groups (broad SMARTS) is 1. The van der Waals surface area contributed by atoms with Crippen LogP contribution in [0.1, 0.15) is 24.8 Å². The number of likely N-dealkylation sites (tertiary alicyclic amines) is 1. The van der Waals surface area contributed by atoms with Gasteiger partial charge in [-0.3, -0.25) is 4.79 Å². The Hall–Kier alpha value is -2.25. The molecule has 1 saturated heterocycles. The molecule has 1 heterocycles. The molecule has 1 unspecified atom stereocenters. The van der Waals surface area contributed by atoms with Gasteiger partial charge in [0.2, 0.25) is 5.91 Å². The second-order valence-corrected chi connectivity index (χ2v) is 5.28. The molecule has 1 aliphatic heterocycles. The predicted molar refractivity (Wildman–Crippen MR) is 73.8 cm³/mol. The minimum absolute atomic E-state index is 0.114. The summed E-state index contributed by atoms with van der Waals surface area (Å²) in [5.41, 5.74) is 0.680. The Bertz CT molecular complexity index is 571. The Morgan fingerprint density at radius 1 is 1.26 bits per heavy atom. The molecule has 1 aromatic carbocycles. The molecule has 23 heavy (non-hydrogen) atoms. The van der Waals surface area contributed by atoms with Crippen molar-refractivity contribution in [1.82, 2.24) is 4.90 Å². The van der Waals surface area contributed by atoms with E-state index in [1.54, 1.807) is 0 Å². The molecule has 2 rings (SSSR count). The number of carbonyl (C=O) groups excluding carboxylic acids is 1. The lowest BCUT2D eigenvalue weighted by Crippen LogP contribution is -2.40. The van der Waals surface area contributed by atoms with Crippen LogP contribution in [0.3, 0.4) is 0 Å². The SMILES string of the molecule is O=C(O)C1CCCN1C(=O)CCc1ccc(OC(F)(F)F)cc1. The van der Waals surface area contributed by atoms with Gasteiger partial charge in [-0.15, -0.1) is 13.2 Å². The summed E-state index contributed by atoms with van der Waals surface area (Å²) in [4.78, 5) is 24.5. The van der Waals surface area contributed by atoms with Gasteiger partial charge in [0.15, 0.2) is 0 Å². The number of halogens is 3. The monoisotopic (exact) mass is 331 g/mol. The van der Waals surface area contributed by atoms with Crippen LogP contribution in [0.5, 0.6) is 5.75 Å². The van der Waals surface area contributed by atoms with Gasteiger partial charge in [0, 0.05) is 13.0 Å². The molecule has 1 N–H and O–H groups in total. The van der Waals surface area contributed by atoms with Crippen molar-refractivity contribution in [2.75, 3.05) is 6.54 Å². The van der Waals surface area contributed by atoms with Crippen LogP contribution in [0, 0.1) is 0 Å². The molecule has 5 nitrogen and oxygen atoms in total. The summed E-state index contributed by atoms with van der Waals surface area (Å²) in [7, 11) is 0. The van der Waals surface area contributed by atoms with E-state index in [1.807, 2.05) is 0 Å². The molecule has 0 aromatic heterocycles. The molecule has 0 radical (unpaired) electrons. The van der Waals surface area contributed by atoms with E-state index in [2.05, 4.69) is 4.74 Å². The molecule has 1 aliphatic rings. The summed E-state index contributed by atoms with van der Waals surface area (Å²) in [6.45, 7) is 0.425. The molecule has 0 saturated carbocycles. The minimum Gasteiger partial charge on any atom is -0.480 e. The van der Waals surface area contributed by atoms with Crippen LogP contribution in [0.25, 0.3) is 0 Å². The number of aliphatic carboxylic acids is 1. The number of carboxylic acids is 1. The Morgan fingerprint density at radius 2 is 1.91 bits per heavy atom. The fraction of sp³-hybridized carbons (Fsp3) is 0.467. The topological polar surface area (TPSA) is 66.8 Å². The molecule has 1 atom stereocenters. The second kappa shape index (κ2) is 6.89. The lowest BCUT2D eigenvalue weighted by molar-refractivity contribution is -0.274. The number of benzene rings is 1. The number of nitrogens with zero attached hydrogens (tertiary/aromatic N) is 1. The Balaban J connectivity index is 1.88. The lowest BCUT2D eigenvalue weighted by atomic mass is 10.1. The number of amides is 1. The highest BCUT2D eigenvalue weighted by Gasteiger charge is 2.33. The third kappa shape index (κ3) is 4.87. The van der Waals surface area contributed by atoms with Crippen molar-refractivity contribution in [1.29, 1.82) is 0 Å². The van der Waals surface area contributed by atoms with Gasteiger partial charge in [0.1, 0.15) is 11.8 Å². The van der Waals surface area contributed by atoms with Crippen molar-refractivity contribution in [2.24, 2.45) is 0 Å². The zero-order valence-electron chi connectivity index (χ0n) is 12.2. The van der Waals surface area contributed by atoms with Crippen LogP contribution >= 0.6 is 0 Å². The number of rotatable bonds is 5. The van der Waals surface area contributed by atoms with E-state index in [0.717, 1.165) is 0 Å². The summed E-state index contributed by atoms with van der Waals surface area (Å²) >= 11 is 0. The fourth-order valence-electron chi connectivity index (χ4n) is 2.57. The van der Waals surface area contributed by atoms with E-state index in [1.165, 1.54) is 29.2 Å². The lowest BCUT2D eigenvalue weighted by Gasteiger charge is -2.21. The number of carbonyl (C=O) groups is 2. The van der Waals surface area contributed by atoms with Crippen molar-refractivity contribution < 1.29 is 32.6 Å². The van der Waals surface area contributed by atoms with Gasteiger partial charge < -0.3 is 14.7 Å². The first-order valence-electron chi connectivity index (χ1n) is 7.13. The first kappa shape index (κ1) is 17.1. The van der Waals surface area contributed by atoms with E-state index in [4.69, 9.17) is 5.11 Å². The van der Waals surface area contributed by atoms with Gasteiger partial charge in [-0.2, -0.15) is 0 Å². The summed E-state index contributed by atoms with van der Waals surface area (Å²) in [6, 6.07) is 4.50. The van der Waals surface area contributed by atoms with Crippen LogP contribution in [-0.2, 0) is 16.0 Å². The Morgan fingerprint density at radius 3 is 2.48 bits per heavy atom. The standard InChI is InChI=1S/C15H16F3NO4/c16-15(17,18)23-11-6-3-10(4-7-11)5-8-13(20)19-9-1-2-12(19)14(21)22/h3-4,6-7,12H,1-2,5,8-9H2,(H,21,22). The molecule has 1 fully saturated rings. The molecule has 1 amide bonds. The molecule has 0 bridgehead atoms. The van der Waals surface area contributed by atoms with Crippen LogP contribution in [0.2, 0.25) is 0 Å². The maximum Gasteiger partial charge on any atom is 0.573 e. The summed E-state index contributed by atoms with van der Waals surface area (Å²) < 4.78 is 39.9. The van der Waals surface area contributed by atoms with Gasteiger partial charge in [-0.05, 0) is 37.0 Å². The van der Waals surface area contributed by atoms with Crippen LogP contribution in [0.4, 0.5) is 13.2 Å². The number of hydrogen-bond donors (Lipinski definition) is 1. The van der Waals surface area contributed by atoms with E-state index >= 15 is 0 Å². The number of ether oxygens (including phenoxy) is 1. The molecule has 8 heteroatoms. The smallest absolute Gasteiger partial charge is 0.480 e. The maximum absolute atomic E-state index is 12.1. The first-order valence-corrected chi connectivity index (χ1v) is 7.13. The summed E-state index contributed by atoms with van der Waals surface area (Å²) in [5, 5.41) is 9.04. The number of alkyl halides is 3. The molecular weight excluding hydrogens is 315 g/mol. The summed E-state index contributed by atoms with van der Waals surface area (Å²) in [6.07, 6.45) is -3.19. The molecule has 0 spiro atoms. The van der Waals surface area contributed by atoms with E-state index in [9.17, 15) is 22.8 Å². The average Bonchev–Trinajstić information content (AvgIpc) is 2.94. The van der Waals surface area contributed by atoms with Crippen molar-refractivity contribution >= 4 is 11.9 Å². The third-order valence-corrected chi connectivity index (χ3v) is 3.64. The van der Waals surface area contributed by atoms with Crippen LogP contribution in [-0.4, -0.2) is 40.8 Å². The normalized spacial score (nSPS) is 18.0. The van der Waals surface area contributed by atoms with E-state index < -0.39 is 18.4 Å². The molecule has 0 aliphatic carbocycles. The zero-order valence-corrected chi connectivity index (χ0v) is 12.2. The fourth-order valence-corrected chi connectivity index (χ4v) is 2.57. The van der Waals surface area contributed by atoms with Crippen molar-refractivity contribution in [3.63, 3.8) is 0 Å². The Labute approximate surface area is 130 Å². The molecule has 126 valence electrons. The quantitative estimate of drug-likeness (QED) is 0.901. The highest BCUT2D eigenvalue weighted by Crippen LogP contribution is 2.23. The third-order valence-electron chi connectivity index (χ3n) is 3.64. The largest absolute Gasteiger partial charge is 0.573 e. The second-order valence-electron chi connectivity index (χ2n) is 5.28. The van der Waals surface area contributed by atoms with Gasteiger partial charge in [-0.1, -0.05) is 12.1 Å².